The van der Waals surface area contributed by atoms with Gasteiger partial charge in [-0.2, -0.15) is 0 Å². The Hall–Kier alpha value is -7.13. The predicted molar refractivity (Wildman–Crippen MR) is 290 cm³/mol. The first-order valence-corrected chi connectivity index (χ1v) is 30.7. The number of aryl methyl sites for hydroxylation is 2. The molecule has 0 saturated heterocycles. The smallest absolute Gasteiger partial charge is 0.426 e. The summed E-state index contributed by atoms with van der Waals surface area (Å²) in [5.74, 6) is -68.8. The molecule has 0 bridgehead atoms. The van der Waals surface area contributed by atoms with Crippen LogP contribution in [0.2, 0.25) is 0 Å². The number of hydrogen-bond acceptors (Lipinski definition) is 4. The Labute approximate surface area is 513 Å². The predicted octanol–water partition coefficient (Wildman–Crippen LogP) is 15.8. The Morgan fingerprint density at radius 3 is 0.744 bits per heavy atom. The largest absolute Gasteiger partial charge is 0.443 e. The van der Waals surface area contributed by atoms with E-state index in [1.807, 2.05) is 48.5 Å². The van der Waals surface area contributed by atoms with E-state index in [0.717, 1.165) is 31.9 Å². The highest BCUT2D eigenvalue weighted by Gasteiger charge is 2.52. The molecule has 0 spiro atoms. The molecule has 0 fully saturated rings. The lowest BCUT2D eigenvalue weighted by Crippen LogP contribution is -3.61. The minimum Gasteiger partial charge on any atom is -0.426 e. The lowest BCUT2D eigenvalue weighted by atomic mass is 9.12. The highest BCUT2D eigenvalue weighted by molar-refractivity contribution is 7.20. The number of unbranched alkanes of at least 4 members (excludes halogenated alkanes) is 14. The van der Waals surface area contributed by atoms with Crippen LogP contribution in [-0.2, 0) is 12.8 Å². The van der Waals surface area contributed by atoms with E-state index in [0.29, 0.717) is 11.9 Å². The van der Waals surface area contributed by atoms with Crippen LogP contribution in [0.5, 0.6) is 23.4 Å². The van der Waals surface area contributed by atoms with Gasteiger partial charge in [0.1, 0.15) is 64.2 Å². The second-order valence-electron chi connectivity index (χ2n) is 21.0. The van der Waals surface area contributed by atoms with E-state index >= 15 is 35.1 Å². The third kappa shape index (κ3) is 15.4. The van der Waals surface area contributed by atoms with Gasteiger partial charge in [-0.25, -0.2) is 87.8 Å². The maximum Gasteiger partial charge on any atom is 0.443 e. The average Bonchev–Trinajstić information content (AvgIpc) is 0.766. The summed E-state index contributed by atoms with van der Waals surface area (Å²) in [6.07, 6.45) is 16.6. The fraction of sp³-hybridized carbons (Fsp3) is 0.312. The quantitative estimate of drug-likeness (QED) is 0.0122. The Morgan fingerprint density at radius 2 is 0.500 bits per heavy atom. The van der Waals surface area contributed by atoms with Crippen LogP contribution in [0, 0.1) is 124 Å². The number of furan rings is 2. The maximum atomic E-state index is 15.4. The zero-order valence-corrected chi connectivity index (χ0v) is 50.0. The standard InChI is InChI=1S/C40H54IO4.C24BF20/c1-3-5-7-9-11-13-15-17-19-33-21-25-35(26-22-33)42-39-31-29-37(44-39)41-38-30-32-40(45-38)43-36-27-23-34(24-28-36)20-18-16-14-12-10-8-6-4-2;26-5-1(6(27)14(35)21(42)13(5)34)25(2-7(28)15(36)22(43)16(37)8(2)29,3-9(30)17(38)23(44)18(39)10(3)31)4-11(32)19(40)24(45)20(41)12(4)33/h21-32H,3-20H2,1-2H3;/q+1;-1. The lowest BCUT2D eigenvalue weighted by molar-refractivity contribution is -0.636. The van der Waals surface area contributed by atoms with Crippen LogP contribution in [-0.4, -0.2) is 6.15 Å². The van der Waals surface area contributed by atoms with Crippen molar-refractivity contribution in [2.24, 2.45) is 0 Å². The van der Waals surface area contributed by atoms with Crippen molar-refractivity contribution in [2.75, 3.05) is 0 Å². The van der Waals surface area contributed by atoms with Crippen LogP contribution in [0.25, 0.3) is 0 Å². The molecule has 90 heavy (non-hydrogen) atoms. The molecule has 0 unspecified atom stereocenters. The highest BCUT2D eigenvalue weighted by atomic mass is 127. The number of rotatable bonds is 28. The van der Waals surface area contributed by atoms with Gasteiger partial charge in [0.25, 0.3) is 11.9 Å². The maximum absolute atomic E-state index is 15.4. The zero-order valence-electron chi connectivity index (χ0n) is 47.8. The molecule has 0 aliphatic heterocycles. The van der Waals surface area contributed by atoms with Gasteiger partial charge in [-0.3, -0.25) is 0 Å². The summed E-state index contributed by atoms with van der Waals surface area (Å²) in [6.45, 7) is 4.55. The fourth-order valence-corrected chi connectivity index (χ4v) is 12.3. The van der Waals surface area contributed by atoms with Crippen molar-refractivity contribution in [3.05, 3.63) is 208 Å². The molecule has 0 radical (unpaired) electrons. The third-order valence-corrected chi connectivity index (χ3v) is 17.1. The first kappa shape index (κ1) is 70.3. The molecule has 0 atom stereocenters. The molecule has 0 amide bonds. The van der Waals surface area contributed by atoms with Crippen molar-refractivity contribution in [1.29, 1.82) is 0 Å². The topological polar surface area (TPSA) is 44.7 Å². The number of benzene rings is 6. The molecule has 6 aromatic carbocycles. The van der Waals surface area contributed by atoms with E-state index in [4.69, 9.17) is 18.3 Å². The first-order valence-electron chi connectivity index (χ1n) is 28.5. The van der Waals surface area contributed by atoms with Gasteiger partial charge in [0.2, 0.25) is 0 Å². The van der Waals surface area contributed by atoms with E-state index in [1.54, 1.807) is 0 Å². The van der Waals surface area contributed by atoms with Gasteiger partial charge in [0.15, 0.2) is 69.8 Å². The molecule has 2 aromatic heterocycles. The van der Waals surface area contributed by atoms with Gasteiger partial charge in [-0.05, 0) is 61.1 Å². The second-order valence-corrected chi connectivity index (χ2v) is 23.6. The Bertz CT molecular complexity index is 3280. The SMILES string of the molecule is CCCCCCCCCCc1ccc(Oc2ccc([I+]c3ccc(Oc4ccc(CCCCCCCCCC)cc4)o3)o2)cc1.Fc1c(F)c(F)c([B-](c2c(F)c(F)c(F)c(F)c2F)(c2c(F)c(F)c(F)c(F)c2F)c2c(F)c(F)c(F)c(F)c2F)c(F)c1F. The Morgan fingerprint density at radius 1 is 0.278 bits per heavy atom. The van der Waals surface area contributed by atoms with Crippen molar-refractivity contribution < 1.29 is 127 Å². The third-order valence-electron chi connectivity index (χ3n) is 14.9. The van der Waals surface area contributed by atoms with Crippen LogP contribution in [0.1, 0.15) is 128 Å². The van der Waals surface area contributed by atoms with Gasteiger partial charge in [0.05, 0.1) is 0 Å². The molecule has 2 heterocycles. The highest BCUT2D eigenvalue weighted by Crippen LogP contribution is 2.32. The molecule has 0 aliphatic carbocycles. The molecular weight excluding hydrogens is 1350 g/mol. The van der Waals surface area contributed by atoms with Crippen molar-refractivity contribution >= 4 is 28.0 Å². The van der Waals surface area contributed by atoms with Crippen molar-refractivity contribution in [2.45, 2.75) is 129 Å². The van der Waals surface area contributed by atoms with Gasteiger partial charge in [-0.1, -0.05) is 128 Å². The second kappa shape index (κ2) is 31.7. The molecule has 4 nitrogen and oxygen atoms in total. The summed E-state index contributed by atoms with van der Waals surface area (Å²) < 4.78 is 320. The van der Waals surface area contributed by atoms with E-state index in [-0.39, 0.29) is 0 Å². The van der Waals surface area contributed by atoms with Crippen LogP contribution < -0.4 is 52.5 Å². The minimum absolute atomic E-state index is 0.510. The van der Waals surface area contributed by atoms with Gasteiger partial charge in [-0.15, -0.1) is 21.9 Å². The summed E-state index contributed by atoms with van der Waals surface area (Å²) >= 11 is -0.617. The average molecular weight is 1400 g/mol. The molecule has 0 aliphatic rings. The van der Waals surface area contributed by atoms with E-state index in [2.05, 4.69) is 38.1 Å². The summed E-state index contributed by atoms with van der Waals surface area (Å²) in [6, 6.07) is 24.6. The Kier molecular flexibility index (Phi) is 24.8. The van der Waals surface area contributed by atoms with E-state index in [1.165, 1.54) is 114 Å². The molecule has 0 N–H and O–H groups in total. The van der Waals surface area contributed by atoms with Gasteiger partial charge in [0, 0.05) is 24.3 Å². The molecule has 484 valence electrons. The summed E-state index contributed by atoms with van der Waals surface area (Å²) in [5.41, 5.74) is -11.6. The van der Waals surface area contributed by atoms with Crippen molar-refractivity contribution in [3.8, 4) is 23.4 Å². The number of ether oxygens (including phenoxy) is 2. The minimum atomic E-state index is -7.22. The fourth-order valence-electron chi connectivity index (χ4n) is 10.4. The first-order chi connectivity index (χ1) is 42.9. The molecule has 8 aromatic rings. The van der Waals surface area contributed by atoms with Crippen molar-refractivity contribution in [1.82, 2.24) is 0 Å². The van der Waals surface area contributed by atoms with Crippen molar-refractivity contribution in [3.63, 3.8) is 0 Å². The summed E-state index contributed by atoms with van der Waals surface area (Å²) in [5, 5.41) is 0. The summed E-state index contributed by atoms with van der Waals surface area (Å²) in [4.78, 5) is 0. The molecule has 26 heteroatoms. The molecular formula is C64H54BF20IO4. The molecule has 0 saturated carbocycles. The summed E-state index contributed by atoms with van der Waals surface area (Å²) in [7, 11) is 0. The Balaban J connectivity index is 0.000000256. The van der Waals surface area contributed by atoms with E-state index < -0.39 is 166 Å². The van der Waals surface area contributed by atoms with Crippen LogP contribution in [0.4, 0.5) is 87.8 Å². The normalized spacial score (nSPS) is 11.6. The van der Waals surface area contributed by atoms with Gasteiger partial charge >= 0.3 is 28.7 Å². The number of hydrogen-bond donors (Lipinski definition) is 0. The zero-order chi connectivity index (χ0) is 65.7. The van der Waals surface area contributed by atoms with Crippen LogP contribution >= 0.6 is 0 Å². The van der Waals surface area contributed by atoms with Crippen LogP contribution in [0.15, 0.2) is 81.6 Å². The monoisotopic (exact) mass is 1400 g/mol. The van der Waals surface area contributed by atoms with Gasteiger partial charge < -0.3 is 18.3 Å². The van der Waals surface area contributed by atoms with Crippen LogP contribution in [0.3, 0.4) is 0 Å². The number of halogens is 21. The lowest BCUT2D eigenvalue weighted by Gasteiger charge is -2.44. The van der Waals surface area contributed by atoms with E-state index in [9.17, 15) is 52.7 Å². The molecule has 8 rings (SSSR count).